The van der Waals surface area contributed by atoms with Crippen molar-refractivity contribution in [2.45, 2.75) is 0 Å². The van der Waals surface area contributed by atoms with Crippen LogP contribution in [0.25, 0.3) is 0 Å². The summed E-state index contributed by atoms with van der Waals surface area (Å²) in [6, 6.07) is 0. The van der Waals surface area contributed by atoms with Crippen molar-refractivity contribution in [1.82, 2.24) is 0 Å². The van der Waals surface area contributed by atoms with Crippen LogP contribution in [0.5, 0.6) is 0 Å². The second-order valence-corrected chi connectivity index (χ2v) is 1.75. The van der Waals surface area contributed by atoms with Crippen LogP contribution in [0, 0.1) is 6.26 Å². The van der Waals surface area contributed by atoms with Crippen molar-refractivity contribution in [2.75, 3.05) is 0 Å². The molecule has 1 N–H and O–H groups in total. The first-order chi connectivity index (χ1) is 2.00. The second-order valence-electron chi connectivity index (χ2n) is 0.582. The van der Waals surface area contributed by atoms with E-state index in [1.54, 1.807) is 0 Å². The van der Waals surface area contributed by atoms with Gasteiger partial charge in [0.1, 0.15) is 10.1 Å². The summed E-state index contributed by atoms with van der Waals surface area (Å²) in [6.07, 6.45) is 2.30. The van der Waals surface area contributed by atoms with Gasteiger partial charge >= 0.3 is 0 Å². The zero-order valence-electron chi connectivity index (χ0n) is 2.73. The van der Waals surface area contributed by atoms with E-state index in [9.17, 15) is 0 Å². The number of rotatable bonds is 0. The summed E-state index contributed by atoms with van der Waals surface area (Å²) in [5.74, 6) is 0. The molecule has 0 aliphatic carbocycles. The third-order valence-corrected chi connectivity index (χ3v) is 0. The predicted octanol–water partition coefficient (Wildman–Crippen LogP) is -0.337. The van der Waals surface area contributed by atoms with E-state index in [1.165, 1.54) is 0 Å². The van der Waals surface area contributed by atoms with Crippen molar-refractivity contribution in [3.05, 3.63) is 6.26 Å². The third-order valence-electron chi connectivity index (χ3n) is 0. The van der Waals surface area contributed by atoms with E-state index in [1.807, 2.05) is 0 Å². The molecule has 0 aliphatic heterocycles. The van der Waals surface area contributed by atoms with Crippen LogP contribution in [-0.4, -0.2) is 13.0 Å². The SMILES string of the molecule is [CH2-]S(=O)(=O)O.[Fe]. The standard InChI is InChI=1S/CH3O3S.Fe/c1-5(2,3)4;/h1H2,(H,2,3,4);/q-1;. The van der Waals surface area contributed by atoms with E-state index >= 15 is 0 Å². The quantitative estimate of drug-likeness (QED) is 0.292. The third kappa shape index (κ3) is 282. The van der Waals surface area contributed by atoms with E-state index in [4.69, 9.17) is 13.0 Å². The normalized spacial score (nSPS) is 9.67. The molecule has 0 aromatic carbocycles. The molecule has 3 nitrogen and oxygen atoms in total. The predicted molar refractivity (Wildman–Crippen MR) is 16.9 cm³/mol. The fourth-order valence-electron chi connectivity index (χ4n) is 0. The Morgan fingerprint density at radius 1 is 1.50 bits per heavy atom. The molecule has 0 fully saturated rings. The van der Waals surface area contributed by atoms with Gasteiger partial charge in [-0.15, -0.1) is 0 Å². The zero-order chi connectivity index (χ0) is 4.50. The van der Waals surface area contributed by atoms with E-state index in [0.29, 0.717) is 0 Å². The van der Waals surface area contributed by atoms with Crippen LogP contribution >= 0.6 is 0 Å². The second kappa shape index (κ2) is 2.58. The Kier molecular flexibility index (Phi) is 4.15. The molecule has 5 heteroatoms. The minimum Gasteiger partial charge on any atom is -0.310 e. The average molecular weight is 151 g/mol. The minimum absolute atomic E-state index is 0. The van der Waals surface area contributed by atoms with Gasteiger partial charge in [-0.25, -0.2) is 8.42 Å². The maximum absolute atomic E-state index is 9.08. The van der Waals surface area contributed by atoms with E-state index in [-0.39, 0.29) is 17.1 Å². The van der Waals surface area contributed by atoms with Crippen molar-refractivity contribution in [3.63, 3.8) is 0 Å². The molecular formula is CH3FeO3S-. The maximum Gasteiger partial charge on any atom is 0.131 e. The summed E-state index contributed by atoms with van der Waals surface area (Å²) < 4.78 is 25.5. The average Bonchev–Trinajstić information content (AvgIpc) is 0.722. The van der Waals surface area contributed by atoms with Gasteiger partial charge in [-0.3, -0.25) is 0 Å². The molecule has 40 valence electrons. The summed E-state index contributed by atoms with van der Waals surface area (Å²) in [6.45, 7) is 0. The van der Waals surface area contributed by atoms with Gasteiger partial charge in [0.25, 0.3) is 0 Å². The molecule has 0 bridgehead atoms. The number of hydrogen-bond acceptors (Lipinski definition) is 2. The molecule has 0 saturated carbocycles. The first-order valence-corrected chi connectivity index (χ1v) is 2.41. The van der Waals surface area contributed by atoms with Crippen molar-refractivity contribution in [1.29, 1.82) is 0 Å². The van der Waals surface area contributed by atoms with E-state index < -0.39 is 10.1 Å². The van der Waals surface area contributed by atoms with E-state index in [0.717, 1.165) is 0 Å². The molecule has 0 radical (unpaired) electrons. The van der Waals surface area contributed by atoms with Crippen molar-refractivity contribution in [2.24, 2.45) is 0 Å². The molecule has 0 heterocycles. The summed E-state index contributed by atoms with van der Waals surface area (Å²) >= 11 is 0. The Morgan fingerprint density at radius 2 is 1.50 bits per heavy atom. The smallest absolute Gasteiger partial charge is 0.131 e. The van der Waals surface area contributed by atoms with Crippen molar-refractivity contribution < 1.29 is 30.0 Å². The Bertz CT molecular complexity index is 94.0. The maximum atomic E-state index is 9.08. The van der Waals surface area contributed by atoms with Crippen LogP contribution in [0.15, 0.2) is 0 Å². The van der Waals surface area contributed by atoms with Crippen LogP contribution in [0.4, 0.5) is 0 Å². The zero-order valence-corrected chi connectivity index (χ0v) is 4.65. The molecule has 0 atom stereocenters. The molecule has 0 unspecified atom stereocenters. The van der Waals surface area contributed by atoms with Crippen LogP contribution in [0.3, 0.4) is 0 Å². The summed E-state index contributed by atoms with van der Waals surface area (Å²) in [5.41, 5.74) is 0. The molecule has 0 aromatic heterocycles. The van der Waals surface area contributed by atoms with Gasteiger partial charge in [-0.1, -0.05) is 0 Å². The summed E-state index contributed by atoms with van der Waals surface area (Å²) in [7, 11) is -3.92. The molecule has 0 saturated heterocycles. The first-order valence-electron chi connectivity index (χ1n) is 0.805. The molecule has 0 amide bonds. The monoisotopic (exact) mass is 151 g/mol. The van der Waals surface area contributed by atoms with Gasteiger partial charge in [-0.2, -0.15) is 6.26 Å². The van der Waals surface area contributed by atoms with E-state index in [2.05, 4.69) is 6.26 Å². The molecule has 0 spiro atoms. The van der Waals surface area contributed by atoms with Gasteiger partial charge in [0.2, 0.25) is 0 Å². The van der Waals surface area contributed by atoms with Gasteiger partial charge < -0.3 is 4.55 Å². The summed E-state index contributed by atoms with van der Waals surface area (Å²) in [4.78, 5) is 0. The van der Waals surface area contributed by atoms with Crippen LogP contribution in [0.1, 0.15) is 0 Å². The summed E-state index contributed by atoms with van der Waals surface area (Å²) in [5, 5.41) is 0. The number of hydrogen-bond donors (Lipinski definition) is 1. The Hall–Kier alpha value is 0.429. The van der Waals surface area contributed by atoms with Gasteiger partial charge in [0.05, 0.1) is 0 Å². The fraction of sp³-hybridized carbons (Fsp3) is 0. The van der Waals surface area contributed by atoms with Gasteiger partial charge in [0, 0.05) is 17.1 Å². The van der Waals surface area contributed by atoms with Gasteiger partial charge in [-0.05, 0) is 0 Å². The molecule has 0 aromatic rings. The molecule has 0 rings (SSSR count). The van der Waals surface area contributed by atoms with Crippen LogP contribution in [-0.2, 0) is 27.2 Å². The van der Waals surface area contributed by atoms with Crippen molar-refractivity contribution in [3.8, 4) is 0 Å². The van der Waals surface area contributed by atoms with Crippen LogP contribution in [0.2, 0.25) is 0 Å². The van der Waals surface area contributed by atoms with Crippen molar-refractivity contribution >= 4 is 10.1 Å². The van der Waals surface area contributed by atoms with Crippen LogP contribution < -0.4 is 0 Å². The van der Waals surface area contributed by atoms with Gasteiger partial charge in [0.15, 0.2) is 0 Å². The Morgan fingerprint density at radius 3 is 1.50 bits per heavy atom. The molecular weight excluding hydrogens is 148 g/mol. The fourth-order valence-corrected chi connectivity index (χ4v) is 0. The Balaban J connectivity index is 0. The largest absolute Gasteiger partial charge is 0.310 e. The molecule has 6 heavy (non-hydrogen) atoms. The first kappa shape index (κ1) is 9.66. The minimum atomic E-state index is -3.92. The topological polar surface area (TPSA) is 54.4 Å². The Labute approximate surface area is 47.0 Å². The molecule has 0 aliphatic rings.